The number of rotatable bonds is 10. The zero-order valence-corrected chi connectivity index (χ0v) is 15.6. The van der Waals surface area contributed by atoms with Crippen LogP contribution in [-0.4, -0.2) is 45.8 Å². The Morgan fingerprint density at radius 2 is 2.04 bits per heavy atom. The zero-order chi connectivity index (χ0) is 18.9. The molecule has 0 aromatic carbocycles. The molecule has 6 nitrogen and oxygen atoms in total. The van der Waals surface area contributed by atoms with Gasteiger partial charge in [-0.15, -0.1) is 0 Å². The van der Waals surface area contributed by atoms with Gasteiger partial charge >= 0.3 is 5.97 Å². The van der Waals surface area contributed by atoms with Crippen LogP contribution in [0.2, 0.25) is 0 Å². The summed E-state index contributed by atoms with van der Waals surface area (Å²) in [4.78, 5) is 15.2. The van der Waals surface area contributed by atoms with E-state index in [0.717, 1.165) is 18.6 Å². The molecule has 2 fully saturated rings. The van der Waals surface area contributed by atoms with Crippen LogP contribution in [0.15, 0.2) is 5.16 Å². The molecule has 3 N–H and O–H groups in total. The molecule has 0 spiro atoms. The summed E-state index contributed by atoms with van der Waals surface area (Å²) in [6.07, 6.45) is 7.97. The number of hydrogen-bond donors (Lipinski definition) is 3. The van der Waals surface area contributed by atoms with Crippen molar-refractivity contribution in [2.24, 2.45) is 22.9 Å². The van der Waals surface area contributed by atoms with Gasteiger partial charge in [0.05, 0.1) is 11.8 Å². The molecule has 146 valence electrons. The molecule has 0 aromatic rings. The summed E-state index contributed by atoms with van der Waals surface area (Å²) in [5.41, 5.74) is 0.812. The number of carboxylic acid groups (broad SMARTS) is 1. The average molecular weight is 365 g/mol. The third-order valence-corrected chi connectivity index (χ3v) is 5.38. The van der Waals surface area contributed by atoms with Gasteiger partial charge in [0.1, 0.15) is 6.10 Å². The summed E-state index contributed by atoms with van der Waals surface area (Å²) in [5, 5.41) is 32.8. The molecule has 2 saturated carbocycles. The molecule has 0 aliphatic heterocycles. The normalized spacial score (nSPS) is 29.4. The molecule has 0 radical (unpaired) electrons. The molecule has 5 atom stereocenters. The number of aliphatic hydroxyl groups is 2. The molecular weight excluding hydrogens is 334 g/mol. The van der Waals surface area contributed by atoms with Gasteiger partial charge in [-0.05, 0) is 31.6 Å². The lowest BCUT2D eigenvalue weighted by Gasteiger charge is -2.33. The number of carboxylic acids is 1. The number of aliphatic hydroxyl groups excluding tert-OH is 2. The molecule has 2 aliphatic rings. The molecule has 0 aromatic heterocycles. The van der Waals surface area contributed by atoms with Crippen LogP contribution in [0.4, 0.5) is 0 Å². The van der Waals surface area contributed by atoms with Crippen LogP contribution in [0.25, 0.3) is 0 Å². The fourth-order valence-corrected chi connectivity index (χ4v) is 3.82. The van der Waals surface area contributed by atoms with E-state index in [1.807, 2.05) is 0 Å². The topological polar surface area (TPSA) is 99.4 Å². The van der Waals surface area contributed by atoms with Crippen LogP contribution >= 0.6 is 0 Å². The summed E-state index contributed by atoms with van der Waals surface area (Å²) in [5.74, 6) is 4.97. The molecule has 2 rings (SSSR count). The van der Waals surface area contributed by atoms with E-state index in [2.05, 4.69) is 23.9 Å². The van der Waals surface area contributed by atoms with Gasteiger partial charge in [0.15, 0.2) is 0 Å². The Bertz CT molecular complexity index is 550. The Labute approximate surface area is 155 Å². The average Bonchev–Trinajstić information content (AvgIpc) is 2.83. The van der Waals surface area contributed by atoms with Gasteiger partial charge in [0.2, 0.25) is 6.61 Å². The highest BCUT2D eigenvalue weighted by molar-refractivity contribution is 5.93. The van der Waals surface area contributed by atoms with E-state index >= 15 is 0 Å². The Morgan fingerprint density at radius 3 is 2.77 bits per heavy atom. The van der Waals surface area contributed by atoms with E-state index in [4.69, 9.17) is 9.94 Å². The molecular formula is C20H31NO5. The van der Waals surface area contributed by atoms with E-state index in [1.165, 1.54) is 25.7 Å². The summed E-state index contributed by atoms with van der Waals surface area (Å²) >= 11 is 0. The van der Waals surface area contributed by atoms with E-state index in [1.54, 1.807) is 0 Å². The third-order valence-electron chi connectivity index (χ3n) is 5.38. The lowest BCUT2D eigenvalue weighted by atomic mass is 9.73. The maximum absolute atomic E-state index is 10.4. The predicted octanol–water partition coefficient (Wildman–Crippen LogP) is 2.58. The first-order valence-electron chi connectivity index (χ1n) is 9.80. The molecule has 5 unspecified atom stereocenters. The van der Waals surface area contributed by atoms with Crippen LogP contribution in [0.3, 0.4) is 0 Å². The van der Waals surface area contributed by atoms with E-state index in [9.17, 15) is 15.0 Å². The molecule has 6 heteroatoms. The second-order valence-electron chi connectivity index (χ2n) is 7.42. The van der Waals surface area contributed by atoms with Crippen molar-refractivity contribution in [1.82, 2.24) is 0 Å². The molecule has 0 amide bonds. The summed E-state index contributed by atoms with van der Waals surface area (Å²) in [6.45, 7) is 1.75. The van der Waals surface area contributed by atoms with Crippen LogP contribution in [-0.2, 0) is 9.63 Å². The summed E-state index contributed by atoms with van der Waals surface area (Å²) in [6, 6.07) is 0. The molecule has 2 aliphatic carbocycles. The van der Waals surface area contributed by atoms with Crippen molar-refractivity contribution in [2.75, 3.05) is 6.61 Å². The second-order valence-corrected chi connectivity index (χ2v) is 7.42. The van der Waals surface area contributed by atoms with Gasteiger partial charge in [-0.1, -0.05) is 56.0 Å². The van der Waals surface area contributed by atoms with Crippen molar-refractivity contribution in [3.05, 3.63) is 0 Å². The van der Waals surface area contributed by atoms with Crippen molar-refractivity contribution >= 4 is 11.7 Å². The van der Waals surface area contributed by atoms with Crippen molar-refractivity contribution in [1.29, 1.82) is 0 Å². The van der Waals surface area contributed by atoms with Crippen LogP contribution in [0, 0.1) is 29.6 Å². The SMILES string of the molecule is CCCCCCCCC(O)C#CC1CC2C(=NOCC(=O)O)CC2C1O. The van der Waals surface area contributed by atoms with E-state index in [-0.39, 0.29) is 17.8 Å². The standard InChI is InChI=1S/C20H31NO5/c1-2-3-4-5-6-7-8-15(22)10-9-14-11-16-17(20(14)25)12-18(16)21-26-13-19(23)24/h14-17,20,22,25H,2-8,11-13H2,1H3,(H,23,24). The van der Waals surface area contributed by atoms with Gasteiger partial charge in [0, 0.05) is 11.8 Å². The Hall–Kier alpha value is -1.58. The number of fused-ring (bicyclic) bond motifs is 1. The van der Waals surface area contributed by atoms with E-state index in [0.29, 0.717) is 19.3 Å². The number of aliphatic carboxylic acids is 1. The lowest BCUT2D eigenvalue weighted by Crippen LogP contribution is -2.38. The maximum Gasteiger partial charge on any atom is 0.344 e. The number of nitrogens with zero attached hydrogens (tertiary/aromatic N) is 1. The number of carbonyl (C=O) groups is 1. The largest absolute Gasteiger partial charge is 0.479 e. The first kappa shape index (κ1) is 20.7. The minimum atomic E-state index is -1.06. The van der Waals surface area contributed by atoms with Crippen LogP contribution in [0.5, 0.6) is 0 Å². The van der Waals surface area contributed by atoms with Crippen molar-refractivity contribution < 1.29 is 25.0 Å². The number of unbranched alkanes of at least 4 members (excludes halogenated alkanes) is 5. The Balaban J connectivity index is 1.70. The maximum atomic E-state index is 10.4. The molecule has 0 bridgehead atoms. The minimum absolute atomic E-state index is 0.119. The highest BCUT2D eigenvalue weighted by Crippen LogP contribution is 2.47. The highest BCUT2D eigenvalue weighted by Gasteiger charge is 2.51. The quantitative estimate of drug-likeness (QED) is 0.314. The highest BCUT2D eigenvalue weighted by atomic mass is 16.6. The number of oxime groups is 1. The van der Waals surface area contributed by atoms with Crippen molar-refractivity contribution in [2.45, 2.75) is 76.9 Å². The Morgan fingerprint density at radius 1 is 1.31 bits per heavy atom. The minimum Gasteiger partial charge on any atom is -0.479 e. The van der Waals surface area contributed by atoms with Gasteiger partial charge in [0.25, 0.3) is 0 Å². The fourth-order valence-electron chi connectivity index (χ4n) is 3.82. The lowest BCUT2D eigenvalue weighted by molar-refractivity contribution is -0.142. The van der Waals surface area contributed by atoms with Crippen LogP contribution in [0.1, 0.15) is 64.7 Å². The zero-order valence-electron chi connectivity index (χ0n) is 15.6. The third kappa shape index (κ3) is 6.00. The van der Waals surface area contributed by atoms with Gasteiger partial charge in [-0.25, -0.2) is 4.79 Å². The van der Waals surface area contributed by atoms with Gasteiger partial charge in [-0.3, -0.25) is 0 Å². The predicted molar refractivity (Wildman–Crippen MR) is 98.5 cm³/mol. The van der Waals surface area contributed by atoms with Crippen LogP contribution < -0.4 is 0 Å². The molecule has 26 heavy (non-hydrogen) atoms. The first-order valence-corrected chi connectivity index (χ1v) is 9.80. The fraction of sp³-hybridized carbons (Fsp3) is 0.800. The smallest absolute Gasteiger partial charge is 0.344 e. The monoisotopic (exact) mass is 365 g/mol. The van der Waals surface area contributed by atoms with Crippen molar-refractivity contribution in [3.63, 3.8) is 0 Å². The van der Waals surface area contributed by atoms with Gasteiger partial charge < -0.3 is 20.2 Å². The van der Waals surface area contributed by atoms with E-state index < -0.39 is 24.8 Å². The Kier molecular flexibility index (Phi) is 8.40. The molecule has 0 heterocycles. The first-order chi connectivity index (χ1) is 12.5. The molecule has 0 saturated heterocycles. The van der Waals surface area contributed by atoms with Crippen molar-refractivity contribution in [3.8, 4) is 11.8 Å². The summed E-state index contributed by atoms with van der Waals surface area (Å²) in [7, 11) is 0. The number of hydrogen-bond acceptors (Lipinski definition) is 5. The second kappa shape index (κ2) is 10.5. The van der Waals surface area contributed by atoms with Gasteiger partial charge in [-0.2, -0.15) is 0 Å². The summed E-state index contributed by atoms with van der Waals surface area (Å²) < 4.78 is 0.